The average molecular weight is 947 g/mol. The normalized spacial score (nSPS) is 11.7. The Morgan fingerprint density at radius 2 is 1.21 bits per heavy atom. The minimum Gasteiger partial charge on any atom is -0.496 e. The van der Waals surface area contributed by atoms with Gasteiger partial charge in [0, 0.05) is 86.1 Å². The van der Waals surface area contributed by atoms with Gasteiger partial charge in [0.1, 0.15) is 11.5 Å². The summed E-state index contributed by atoms with van der Waals surface area (Å²) in [7, 11) is 11.2. The molecule has 2 amide bonds. The minimum atomic E-state index is -0.201. The Hall–Kier alpha value is -7.12. The number of anilines is 4. The average Bonchev–Trinajstić information content (AvgIpc) is 4.11. The number of rotatable bonds is 10. The Balaban J connectivity index is 0.000000189. The van der Waals surface area contributed by atoms with E-state index in [2.05, 4.69) is 101 Å². The zero-order valence-corrected chi connectivity index (χ0v) is 42.0. The van der Waals surface area contributed by atoms with Crippen molar-refractivity contribution in [3.05, 3.63) is 93.1 Å². The molecular formula is C48H58N12O5S2. The van der Waals surface area contributed by atoms with Crippen molar-refractivity contribution in [2.75, 3.05) is 62.8 Å². The van der Waals surface area contributed by atoms with Crippen molar-refractivity contribution in [2.24, 2.45) is 0 Å². The predicted octanol–water partition coefficient (Wildman–Crippen LogP) is 8.35. The van der Waals surface area contributed by atoms with Crippen molar-refractivity contribution < 1.29 is 23.9 Å². The van der Waals surface area contributed by atoms with E-state index in [4.69, 9.17) is 14.6 Å². The van der Waals surface area contributed by atoms with E-state index in [-0.39, 0.29) is 22.6 Å². The molecule has 0 saturated carbocycles. The smallest absolute Gasteiger partial charge is 0.221 e. The molecule has 2 aromatic carbocycles. The van der Waals surface area contributed by atoms with E-state index in [1.165, 1.54) is 30.2 Å². The van der Waals surface area contributed by atoms with Gasteiger partial charge in [0.2, 0.25) is 11.8 Å². The highest BCUT2D eigenvalue weighted by molar-refractivity contribution is 7.17. The first-order chi connectivity index (χ1) is 31.6. The van der Waals surface area contributed by atoms with E-state index in [0.717, 1.165) is 48.9 Å². The van der Waals surface area contributed by atoms with E-state index < -0.39 is 0 Å². The number of methoxy groups -OCH3 is 2. The maximum atomic E-state index is 11.6. The summed E-state index contributed by atoms with van der Waals surface area (Å²) in [5, 5.41) is 34.6. The molecule has 0 aliphatic rings. The molecule has 0 fully saturated rings. The number of H-pyrrole nitrogens is 1. The molecule has 0 spiro atoms. The van der Waals surface area contributed by atoms with Crippen molar-refractivity contribution in [3.63, 3.8) is 0 Å². The fourth-order valence-electron chi connectivity index (χ4n) is 6.77. The third-order valence-electron chi connectivity index (χ3n) is 10.1. The number of amides is 2. The molecule has 352 valence electrons. The van der Waals surface area contributed by atoms with E-state index in [0.29, 0.717) is 45.7 Å². The number of carbonyl (C=O) groups is 3. The maximum Gasteiger partial charge on any atom is 0.221 e. The van der Waals surface area contributed by atoms with Crippen LogP contribution in [0.1, 0.15) is 81.3 Å². The summed E-state index contributed by atoms with van der Waals surface area (Å²) in [5.41, 5.74) is 5.97. The number of aromatic amines is 1. The van der Waals surface area contributed by atoms with Crippen molar-refractivity contribution in [3.8, 4) is 34.3 Å². The molecule has 0 aliphatic carbocycles. The summed E-state index contributed by atoms with van der Waals surface area (Å²) < 4.78 is 14.6. The Labute approximate surface area is 397 Å². The number of fused-ring (bicyclic) bond motifs is 2. The summed E-state index contributed by atoms with van der Waals surface area (Å²) in [6.45, 7) is 15.7. The van der Waals surface area contributed by atoms with Gasteiger partial charge in [0.15, 0.2) is 29.2 Å². The Kier molecular flexibility index (Phi) is 14.9. The molecule has 0 saturated heterocycles. The molecule has 8 rings (SSSR count). The van der Waals surface area contributed by atoms with Gasteiger partial charge < -0.3 is 29.9 Å². The van der Waals surface area contributed by atoms with Gasteiger partial charge in [0.25, 0.3) is 0 Å². The zero-order valence-electron chi connectivity index (χ0n) is 40.4. The van der Waals surface area contributed by atoms with Crippen LogP contribution in [0.4, 0.5) is 21.4 Å². The lowest BCUT2D eigenvalue weighted by Gasteiger charge is -2.15. The Morgan fingerprint density at radius 3 is 1.67 bits per heavy atom. The molecule has 0 radical (unpaired) electrons. The second-order valence-electron chi connectivity index (χ2n) is 18.0. The molecule has 0 unspecified atom stereocenters. The lowest BCUT2D eigenvalue weighted by Crippen LogP contribution is -2.22. The van der Waals surface area contributed by atoms with E-state index >= 15 is 0 Å². The first-order valence-corrected chi connectivity index (χ1v) is 22.9. The molecule has 3 N–H and O–H groups in total. The van der Waals surface area contributed by atoms with Crippen LogP contribution in [-0.2, 0) is 20.4 Å². The van der Waals surface area contributed by atoms with Crippen molar-refractivity contribution in [1.82, 2.24) is 39.6 Å². The zero-order chi connectivity index (χ0) is 49.0. The number of aldehydes is 1. The van der Waals surface area contributed by atoms with Crippen LogP contribution < -0.4 is 35.1 Å². The van der Waals surface area contributed by atoms with Crippen LogP contribution in [0.2, 0.25) is 0 Å². The number of ether oxygens (including phenoxy) is 2. The van der Waals surface area contributed by atoms with Gasteiger partial charge in [0.05, 0.1) is 45.9 Å². The molecule has 67 heavy (non-hydrogen) atoms. The number of carbonyl (C=O) groups excluding carboxylic acids is 3. The van der Waals surface area contributed by atoms with Crippen molar-refractivity contribution in [2.45, 2.75) is 66.2 Å². The molecule has 0 aliphatic heterocycles. The molecule has 17 nitrogen and oxygen atoms in total. The van der Waals surface area contributed by atoms with Gasteiger partial charge in [-0.05, 0) is 66.7 Å². The quantitative estimate of drug-likeness (QED) is 0.111. The molecule has 8 aromatic rings. The number of nitrogens with zero attached hydrogens (tertiary/aromatic N) is 9. The molecule has 0 bridgehead atoms. The monoisotopic (exact) mass is 946 g/mol. The summed E-state index contributed by atoms with van der Waals surface area (Å²) in [4.78, 5) is 39.1. The first-order valence-electron chi connectivity index (χ1n) is 21.2. The number of hydrogen-bond donors (Lipinski definition) is 3. The highest BCUT2D eigenvalue weighted by atomic mass is 32.1. The fraction of sp³-hybridized carbons (Fsp3) is 0.333. The molecular weight excluding hydrogens is 889 g/mol. The Morgan fingerprint density at radius 1 is 0.687 bits per heavy atom. The van der Waals surface area contributed by atoms with Crippen LogP contribution in [0.5, 0.6) is 11.5 Å². The van der Waals surface area contributed by atoms with Gasteiger partial charge in [-0.2, -0.15) is 9.61 Å². The molecule has 6 aromatic heterocycles. The first kappa shape index (κ1) is 49.3. The predicted molar refractivity (Wildman–Crippen MR) is 270 cm³/mol. The number of hydrogen-bond acceptors (Lipinski definition) is 14. The van der Waals surface area contributed by atoms with E-state index in [1.54, 1.807) is 54.3 Å². The highest BCUT2D eigenvalue weighted by Gasteiger charge is 2.26. The molecule has 6 heterocycles. The van der Waals surface area contributed by atoms with Crippen LogP contribution in [0, 0.1) is 0 Å². The van der Waals surface area contributed by atoms with Gasteiger partial charge in [-0.1, -0.05) is 41.5 Å². The lowest BCUT2D eigenvalue weighted by atomic mass is 9.91. The van der Waals surface area contributed by atoms with Gasteiger partial charge in [-0.15, -0.1) is 43.1 Å². The van der Waals surface area contributed by atoms with Crippen LogP contribution in [-0.4, -0.2) is 100 Å². The van der Waals surface area contributed by atoms with Crippen LogP contribution in [0.25, 0.3) is 40.1 Å². The second-order valence-corrected chi connectivity index (χ2v) is 20.2. The SMILES string of the molecule is CN(C)c1ccc(C=O)s1.COc1ccc(NC(C)=O)cc1-c1nnc2/c(=C\c3ccc(N(C)C)s3)c(C(C)(C)C)nn12.COc1ccc(NC(C)=O)cc1-c1nnc2cc(C(C)(C)C)[nH]n12. The number of benzene rings is 2. The molecule has 0 atom stereocenters. The van der Waals surface area contributed by atoms with E-state index in [9.17, 15) is 14.4 Å². The van der Waals surface area contributed by atoms with Crippen molar-refractivity contribution in [1.29, 1.82) is 0 Å². The largest absolute Gasteiger partial charge is 0.496 e. The number of nitrogens with one attached hydrogen (secondary N) is 3. The molecule has 19 heteroatoms. The van der Waals surface area contributed by atoms with Crippen LogP contribution in [0.3, 0.4) is 0 Å². The number of thiophene rings is 2. The van der Waals surface area contributed by atoms with E-state index in [1.807, 2.05) is 67.9 Å². The third-order valence-corrected chi connectivity index (χ3v) is 12.5. The van der Waals surface area contributed by atoms with Crippen molar-refractivity contribution >= 4 is 79.5 Å². The van der Waals surface area contributed by atoms with Crippen LogP contribution in [0.15, 0.2) is 66.7 Å². The maximum absolute atomic E-state index is 11.6. The van der Waals surface area contributed by atoms with Gasteiger partial charge in [-0.3, -0.25) is 19.5 Å². The topological polar surface area (TPSA) is 189 Å². The van der Waals surface area contributed by atoms with Crippen LogP contribution >= 0.6 is 22.7 Å². The highest BCUT2D eigenvalue weighted by Crippen LogP contribution is 2.34. The van der Waals surface area contributed by atoms with Gasteiger partial charge in [-0.25, -0.2) is 4.52 Å². The lowest BCUT2D eigenvalue weighted by molar-refractivity contribution is -0.115. The fourth-order valence-corrected chi connectivity index (χ4v) is 8.39. The second kappa shape index (κ2) is 20.2. The summed E-state index contributed by atoms with van der Waals surface area (Å²) in [5.74, 6) is 2.18. The third kappa shape index (κ3) is 11.5. The summed E-state index contributed by atoms with van der Waals surface area (Å²) in [6, 6.07) is 20.8. The summed E-state index contributed by atoms with van der Waals surface area (Å²) in [6.07, 6.45) is 3.00. The summed E-state index contributed by atoms with van der Waals surface area (Å²) >= 11 is 3.21. The standard InChI is InChI=1S/C24H28N6O2S.C17H21N5O2.C7H9NOS/c1-14(31)25-15-8-10-19(32-7)17(12-15)22-26-27-23-18(21(24(2,3)4)28-30(22)23)13-16-9-11-20(33-16)29(5)6;1-10(23)18-11-6-7-13(24-5)12(8-11)16-20-19-15-9-14(17(2,3)4)21-22(15)16;1-8(2)7-4-3-6(5-9)10-7/h8-13H,1-7H3,(H,25,31);6-9,21H,1-5H3,(H,18,23);3-5H,1-2H3/b18-13-;;. The number of aromatic nitrogens is 8. The minimum absolute atomic E-state index is 0.0277. The Bertz CT molecular complexity index is 3090. The van der Waals surface area contributed by atoms with Gasteiger partial charge >= 0.3 is 0 Å².